The normalized spacial score (nSPS) is 23.8. The van der Waals surface area contributed by atoms with E-state index in [2.05, 4.69) is 20.9 Å². The van der Waals surface area contributed by atoms with E-state index >= 15 is 0 Å². The maximum absolute atomic E-state index is 14.4. The van der Waals surface area contributed by atoms with E-state index in [4.69, 9.17) is 10.2 Å². The molecule has 3 aliphatic carbocycles. The van der Waals surface area contributed by atoms with E-state index in [1.165, 1.54) is 25.3 Å². The third-order valence-corrected chi connectivity index (χ3v) is 8.11. The topological polar surface area (TPSA) is 76.0 Å². The molecule has 1 unspecified atom stereocenters. The van der Waals surface area contributed by atoms with Gasteiger partial charge in [-0.25, -0.2) is 9.37 Å². The quantitative estimate of drug-likeness (QED) is 0.784. The number of allylic oxidation sites excluding steroid dienone is 1. The third-order valence-electron chi connectivity index (χ3n) is 8.11. The van der Waals surface area contributed by atoms with Crippen molar-refractivity contribution in [2.75, 3.05) is 31.1 Å². The number of piperazine rings is 1. The van der Waals surface area contributed by atoms with Crippen molar-refractivity contribution in [2.45, 2.75) is 51.0 Å². The monoisotopic (exact) mass is 445 g/mol. The largest absolute Gasteiger partial charge is 0.367 e. The first-order valence-electron chi connectivity index (χ1n) is 12.1. The molecule has 1 atom stereocenters. The number of hydrogen-bond acceptors (Lipinski definition) is 5. The Morgan fingerprint density at radius 2 is 1.97 bits per heavy atom. The van der Waals surface area contributed by atoms with E-state index in [0.717, 1.165) is 74.5 Å². The lowest BCUT2D eigenvalue weighted by atomic mass is 9.84. The number of benzene rings is 1. The van der Waals surface area contributed by atoms with Crippen LogP contribution in [-0.2, 0) is 12.8 Å². The van der Waals surface area contributed by atoms with Crippen LogP contribution in [0, 0.1) is 22.6 Å². The molecule has 1 saturated heterocycles. The Hall–Kier alpha value is -2.98. The Morgan fingerprint density at radius 1 is 1.15 bits per heavy atom. The van der Waals surface area contributed by atoms with Crippen LogP contribution >= 0.6 is 0 Å². The van der Waals surface area contributed by atoms with E-state index in [0.29, 0.717) is 22.7 Å². The molecule has 1 aromatic heterocycles. The minimum atomic E-state index is -0.333. The molecule has 1 spiro atoms. The van der Waals surface area contributed by atoms with Gasteiger partial charge in [-0.3, -0.25) is 9.69 Å². The molecule has 0 radical (unpaired) electrons. The Kier molecular flexibility index (Phi) is 4.88. The summed E-state index contributed by atoms with van der Waals surface area (Å²) in [6.07, 6.45) is 9.71. The molecule has 1 N–H and O–H groups in total. The summed E-state index contributed by atoms with van der Waals surface area (Å²) in [5.41, 5.74) is 4.46. The molecule has 2 heterocycles. The summed E-state index contributed by atoms with van der Waals surface area (Å²) in [4.78, 5) is 25.3. The van der Waals surface area contributed by atoms with E-state index in [-0.39, 0.29) is 11.4 Å². The van der Waals surface area contributed by atoms with Crippen LogP contribution in [0.3, 0.4) is 0 Å². The van der Waals surface area contributed by atoms with Crippen molar-refractivity contribution in [1.29, 1.82) is 5.26 Å². The number of anilines is 1. The second-order valence-electron chi connectivity index (χ2n) is 10.1. The van der Waals surface area contributed by atoms with Gasteiger partial charge < -0.3 is 9.88 Å². The first-order chi connectivity index (χ1) is 16.0. The predicted molar refractivity (Wildman–Crippen MR) is 124 cm³/mol. The Bertz CT molecular complexity index is 1230. The fourth-order valence-corrected chi connectivity index (χ4v) is 5.85. The first kappa shape index (κ1) is 20.6. The van der Waals surface area contributed by atoms with Gasteiger partial charge in [0, 0.05) is 37.8 Å². The maximum atomic E-state index is 14.4. The summed E-state index contributed by atoms with van der Waals surface area (Å²) in [5.74, 6) is 0.423. The highest BCUT2D eigenvalue weighted by Gasteiger charge is 2.45. The van der Waals surface area contributed by atoms with Gasteiger partial charge in [-0.05, 0) is 74.1 Å². The van der Waals surface area contributed by atoms with Crippen LogP contribution < -0.4 is 10.5 Å². The Labute approximate surface area is 192 Å². The van der Waals surface area contributed by atoms with E-state index < -0.39 is 0 Å². The van der Waals surface area contributed by atoms with Crippen molar-refractivity contribution in [3.63, 3.8) is 0 Å². The van der Waals surface area contributed by atoms with Crippen LogP contribution in [0.4, 0.5) is 10.1 Å². The van der Waals surface area contributed by atoms with Crippen LogP contribution in [0.1, 0.15) is 54.7 Å². The lowest BCUT2D eigenvalue weighted by Gasteiger charge is -2.38. The summed E-state index contributed by atoms with van der Waals surface area (Å²) in [6, 6.07) is 7.00. The van der Waals surface area contributed by atoms with Gasteiger partial charge in [-0.15, -0.1) is 0 Å². The molecule has 2 fully saturated rings. The summed E-state index contributed by atoms with van der Waals surface area (Å²) in [5, 5.41) is 8.95. The number of halogens is 1. The van der Waals surface area contributed by atoms with Crippen molar-refractivity contribution in [3.8, 4) is 6.07 Å². The van der Waals surface area contributed by atoms with Gasteiger partial charge >= 0.3 is 0 Å². The smallest absolute Gasteiger partial charge is 0.254 e. The molecule has 4 aliphatic rings. The van der Waals surface area contributed by atoms with Gasteiger partial charge in [0.2, 0.25) is 0 Å². The summed E-state index contributed by atoms with van der Waals surface area (Å²) in [6.45, 7) is 3.20. The second kappa shape index (κ2) is 7.81. The van der Waals surface area contributed by atoms with Crippen molar-refractivity contribution in [3.05, 3.63) is 63.1 Å². The van der Waals surface area contributed by atoms with Gasteiger partial charge in [0.15, 0.2) is 0 Å². The molecule has 170 valence electrons. The molecular weight excluding hydrogens is 417 g/mol. The van der Waals surface area contributed by atoms with Gasteiger partial charge in [0.05, 0.1) is 23.0 Å². The SMILES string of the molecule is N#Cc1ccc(N2CCN(C3C=C(c4nc5c(c(=O)[nH]4)CC4(CC5)CC4)CC3)CC2)c(F)c1. The minimum Gasteiger partial charge on any atom is -0.367 e. The molecule has 0 amide bonds. The Balaban J connectivity index is 1.14. The molecule has 6 rings (SSSR count). The highest BCUT2D eigenvalue weighted by atomic mass is 19.1. The number of rotatable bonds is 3. The maximum Gasteiger partial charge on any atom is 0.254 e. The fourth-order valence-electron chi connectivity index (χ4n) is 5.85. The number of fused-ring (bicyclic) bond motifs is 1. The van der Waals surface area contributed by atoms with Crippen molar-refractivity contribution >= 4 is 11.3 Å². The summed E-state index contributed by atoms with van der Waals surface area (Å²) < 4.78 is 14.4. The summed E-state index contributed by atoms with van der Waals surface area (Å²) in [7, 11) is 0. The lowest BCUT2D eigenvalue weighted by molar-refractivity contribution is 0.214. The summed E-state index contributed by atoms with van der Waals surface area (Å²) >= 11 is 0. The van der Waals surface area contributed by atoms with E-state index in [1.807, 2.05) is 6.07 Å². The van der Waals surface area contributed by atoms with Crippen molar-refractivity contribution in [1.82, 2.24) is 14.9 Å². The third kappa shape index (κ3) is 3.76. The molecule has 1 aliphatic heterocycles. The zero-order valence-corrected chi connectivity index (χ0v) is 18.7. The minimum absolute atomic E-state index is 0.0587. The molecule has 2 aromatic rings. The predicted octanol–water partition coefficient (Wildman–Crippen LogP) is 3.42. The van der Waals surface area contributed by atoms with Crippen LogP contribution in [0.2, 0.25) is 0 Å². The molecule has 6 nitrogen and oxygen atoms in total. The van der Waals surface area contributed by atoms with Gasteiger partial charge in [-0.1, -0.05) is 6.08 Å². The molecule has 1 aromatic carbocycles. The number of nitrogens with one attached hydrogen (secondary N) is 1. The van der Waals surface area contributed by atoms with Gasteiger partial charge in [0.1, 0.15) is 11.6 Å². The van der Waals surface area contributed by atoms with Crippen LogP contribution in [0.5, 0.6) is 0 Å². The van der Waals surface area contributed by atoms with Gasteiger partial charge in [0.25, 0.3) is 5.56 Å². The number of nitriles is 1. The standard InChI is InChI=1S/C26H28FN5O/c27-21-13-17(16-28)1-4-23(21)32-11-9-31(10-12-32)19-3-2-18(14-19)24-29-22-5-6-26(7-8-26)15-20(22)25(33)30-24/h1,4,13-14,19H,2-3,5-12,15H2,(H,29,30,33). The number of aromatic nitrogens is 2. The van der Waals surface area contributed by atoms with Crippen molar-refractivity contribution in [2.24, 2.45) is 5.41 Å². The van der Waals surface area contributed by atoms with Crippen molar-refractivity contribution < 1.29 is 4.39 Å². The average molecular weight is 446 g/mol. The lowest BCUT2D eigenvalue weighted by Crippen LogP contribution is -2.49. The molecule has 33 heavy (non-hydrogen) atoms. The number of hydrogen-bond donors (Lipinski definition) is 1. The first-order valence-corrected chi connectivity index (χ1v) is 12.1. The number of aromatic amines is 1. The Morgan fingerprint density at radius 3 is 2.70 bits per heavy atom. The number of nitrogens with zero attached hydrogens (tertiary/aromatic N) is 4. The van der Waals surface area contributed by atoms with E-state index in [1.54, 1.807) is 12.1 Å². The highest BCUT2D eigenvalue weighted by Crippen LogP contribution is 2.53. The van der Waals surface area contributed by atoms with Crippen LogP contribution in [-0.4, -0.2) is 47.1 Å². The zero-order valence-electron chi connectivity index (χ0n) is 18.7. The second-order valence-corrected chi connectivity index (χ2v) is 10.1. The zero-order chi connectivity index (χ0) is 22.6. The molecule has 0 bridgehead atoms. The molecule has 1 saturated carbocycles. The number of H-pyrrole nitrogens is 1. The molecular formula is C26H28FN5O. The molecule has 7 heteroatoms. The highest BCUT2D eigenvalue weighted by molar-refractivity contribution is 5.63. The van der Waals surface area contributed by atoms with Crippen LogP contribution in [0.25, 0.3) is 5.57 Å². The average Bonchev–Trinajstić information content (AvgIpc) is 3.39. The van der Waals surface area contributed by atoms with Crippen LogP contribution in [0.15, 0.2) is 29.1 Å². The number of aryl methyl sites for hydroxylation is 1. The van der Waals surface area contributed by atoms with E-state index in [9.17, 15) is 9.18 Å². The van der Waals surface area contributed by atoms with Gasteiger partial charge in [-0.2, -0.15) is 5.26 Å². The fraction of sp³-hybridized carbons (Fsp3) is 0.500.